The Kier molecular flexibility index (Phi) is 7.30. The van der Waals surface area contributed by atoms with Crippen molar-refractivity contribution in [2.45, 2.75) is 13.8 Å². The number of carbonyl (C=O) groups is 2. The lowest BCUT2D eigenvalue weighted by molar-refractivity contribution is -0.123. The second-order valence-electron chi connectivity index (χ2n) is 5.76. The lowest BCUT2D eigenvalue weighted by atomic mass is 10.1. The summed E-state index contributed by atoms with van der Waals surface area (Å²) in [5, 5.41) is 6.10. The van der Waals surface area contributed by atoms with E-state index in [1.54, 1.807) is 12.1 Å². The van der Waals surface area contributed by atoms with Crippen LogP contribution in [0.15, 0.2) is 36.4 Å². The molecule has 0 radical (unpaired) electrons. The number of benzene rings is 2. The Morgan fingerprint density at radius 2 is 1.69 bits per heavy atom. The second kappa shape index (κ2) is 9.46. The molecule has 2 rings (SSSR count). The van der Waals surface area contributed by atoms with E-state index in [-0.39, 0.29) is 36.5 Å². The molecule has 0 saturated heterocycles. The first-order valence-electron chi connectivity index (χ1n) is 8.07. The molecule has 2 aromatic carbocycles. The number of carbonyl (C=O) groups excluding carboxylic acids is 2. The zero-order valence-corrected chi connectivity index (χ0v) is 16.1. The normalized spacial score (nSPS) is 10.3. The molecule has 138 valence electrons. The molecule has 0 aromatic heterocycles. The Morgan fingerprint density at radius 1 is 0.962 bits per heavy atom. The maximum atomic E-state index is 12.0. The molecule has 0 heterocycles. The molecular formula is C19H20Cl2N2O3. The number of hydrogen-bond donors (Lipinski definition) is 2. The van der Waals surface area contributed by atoms with Crippen molar-refractivity contribution >= 4 is 35.0 Å². The van der Waals surface area contributed by atoms with Crippen molar-refractivity contribution in [2.24, 2.45) is 0 Å². The van der Waals surface area contributed by atoms with Gasteiger partial charge < -0.3 is 15.4 Å². The van der Waals surface area contributed by atoms with Crippen LogP contribution in [0, 0.1) is 13.8 Å². The zero-order chi connectivity index (χ0) is 19.1. The lowest BCUT2D eigenvalue weighted by Crippen LogP contribution is -2.36. The van der Waals surface area contributed by atoms with Crippen LogP contribution in [0.4, 0.5) is 0 Å². The van der Waals surface area contributed by atoms with Crippen LogP contribution in [0.2, 0.25) is 10.0 Å². The summed E-state index contributed by atoms with van der Waals surface area (Å²) in [6.45, 7) is 4.47. The van der Waals surface area contributed by atoms with Gasteiger partial charge in [-0.2, -0.15) is 0 Å². The summed E-state index contributed by atoms with van der Waals surface area (Å²) in [5.74, 6) is 0.0585. The topological polar surface area (TPSA) is 67.4 Å². The molecule has 7 heteroatoms. The van der Waals surface area contributed by atoms with Gasteiger partial charge in [-0.3, -0.25) is 9.59 Å². The molecule has 0 bridgehead atoms. The molecule has 0 saturated carbocycles. The minimum absolute atomic E-state index is 0.0839. The standard InChI is InChI=1S/C19H20Cl2N2O3/c1-12-3-5-15(9-13(12)2)26-11-18(24)22-7-8-23-19(25)16-6-4-14(20)10-17(16)21/h3-6,9-10H,7-8,11H2,1-2H3,(H,22,24)(H,23,25). The largest absolute Gasteiger partial charge is 0.484 e. The van der Waals surface area contributed by atoms with Gasteiger partial charge in [0.15, 0.2) is 6.61 Å². The van der Waals surface area contributed by atoms with E-state index < -0.39 is 0 Å². The van der Waals surface area contributed by atoms with Crippen LogP contribution >= 0.6 is 23.2 Å². The van der Waals surface area contributed by atoms with Gasteiger partial charge >= 0.3 is 0 Å². The molecule has 26 heavy (non-hydrogen) atoms. The average molecular weight is 395 g/mol. The molecule has 2 amide bonds. The Balaban J connectivity index is 1.69. The summed E-state index contributed by atoms with van der Waals surface area (Å²) < 4.78 is 5.45. The number of amides is 2. The van der Waals surface area contributed by atoms with Gasteiger partial charge in [-0.15, -0.1) is 0 Å². The Morgan fingerprint density at radius 3 is 2.38 bits per heavy atom. The summed E-state index contributed by atoms with van der Waals surface area (Å²) >= 11 is 11.8. The first kappa shape index (κ1) is 20.1. The first-order valence-corrected chi connectivity index (χ1v) is 8.82. The van der Waals surface area contributed by atoms with Crippen LogP contribution in [0.3, 0.4) is 0 Å². The number of rotatable bonds is 7. The quantitative estimate of drug-likeness (QED) is 0.705. The molecule has 2 N–H and O–H groups in total. The third-order valence-electron chi connectivity index (χ3n) is 3.76. The predicted molar refractivity (Wildman–Crippen MR) is 103 cm³/mol. The molecule has 2 aromatic rings. The molecular weight excluding hydrogens is 375 g/mol. The van der Waals surface area contributed by atoms with Gasteiger partial charge in [0.1, 0.15) is 5.75 Å². The van der Waals surface area contributed by atoms with Gasteiger partial charge in [0.25, 0.3) is 11.8 Å². The summed E-state index contributed by atoms with van der Waals surface area (Å²) in [7, 11) is 0. The van der Waals surface area contributed by atoms with Crippen LogP contribution in [-0.4, -0.2) is 31.5 Å². The van der Waals surface area contributed by atoms with Crippen molar-refractivity contribution in [2.75, 3.05) is 19.7 Å². The number of halogens is 2. The maximum absolute atomic E-state index is 12.0. The van der Waals surface area contributed by atoms with Gasteiger partial charge in [-0.1, -0.05) is 29.3 Å². The van der Waals surface area contributed by atoms with E-state index in [4.69, 9.17) is 27.9 Å². The molecule has 0 atom stereocenters. The van der Waals surface area contributed by atoms with Gasteiger partial charge in [0.05, 0.1) is 10.6 Å². The van der Waals surface area contributed by atoms with Crippen molar-refractivity contribution in [1.82, 2.24) is 10.6 Å². The van der Waals surface area contributed by atoms with Gasteiger partial charge in [0.2, 0.25) is 0 Å². The van der Waals surface area contributed by atoms with E-state index in [0.29, 0.717) is 16.3 Å². The smallest absolute Gasteiger partial charge is 0.258 e. The van der Waals surface area contributed by atoms with Crippen LogP contribution in [0.25, 0.3) is 0 Å². The third kappa shape index (κ3) is 5.93. The first-order chi connectivity index (χ1) is 12.4. The maximum Gasteiger partial charge on any atom is 0.258 e. The number of nitrogens with one attached hydrogen (secondary N) is 2. The second-order valence-corrected chi connectivity index (χ2v) is 6.61. The van der Waals surface area contributed by atoms with Crippen LogP contribution in [0.5, 0.6) is 5.75 Å². The fourth-order valence-electron chi connectivity index (χ4n) is 2.15. The molecule has 0 unspecified atom stereocenters. The van der Waals surface area contributed by atoms with Crippen LogP contribution < -0.4 is 15.4 Å². The highest BCUT2D eigenvalue weighted by molar-refractivity contribution is 6.36. The minimum Gasteiger partial charge on any atom is -0.484 e. The molecule has 0 aliphatic rings. The fourth-order valence-corrected chi connectivity index (χ4v) is 2.64. The predicted octanol–water partition coefficient (Wildman–Crippen LogP) is 3.54. The number of aryl methyl sites for hydroxylation is 2. The summed E-state index contributed by atoms with van der Waals surface area (Å²) in [5.41, 5.74) is 2.60. The van der Waals surface area contributed by atoms with Gasteiger partial charge in [-0.05, 0) is 55.3 Å². The molecule has 0 aliphatic heterocycles. The van der Waals surface area contributed by atoms with Crippen molar-refractivity contribution in [3.8, 4) is 5.75 Å². The molecule has 0 aliphatic carbocycles. The lowest BCUT2D eigenvalue weighted by Gasteiger charge is -2.10. The summed E-state index contributed by atoms with van der Waals surface area (Å²) in [4.78, 5) is 23.8. The van der Waals surface area contributed by atoms with E-state index in [1.165, 1.54) is 11.6 Å². The summed E-state index contributed by atoms with van der Waals surface area (Å²) in [6, 6.07) is 10.3. The van der Waals surface area contributed by atoms with Gasteiger partial charge in [-0.25, -0.2) is 0 Å². The Hall–Kier alpha value is -2.24. The highest BCUT2D eigenvalue weighted by Gasteiger charge is 2.10. The third-order valence-corrected chi connectivity index (χ3v) is 4.30. The van der Waals surface area contributed by atoms with Crippen molar-refractivity contribution in [3.05, 3.63) is 63.1 Å². The van der Waals surface area contributed by atoms with E-state index in [1.807, 2.05) is 32.0 Å². The monoisotopic (exact) mass is 394 g/mol. The zero-order valence-electron chi connectivity index (χ0n) is 14.6. The van der Waals surface area contributed by atoms with Crippen LogP contribution in [-0.2, 0) is 4.79 Å². The van der Waals surface area contributed by atoms with Gasteiger partial charge in [0, 0.05) is 18.1 Å². The molecule has 0 spiro atoms. The molecule has 5 nitrogen and oxygen atoms in total. The number of ether oxygens (including phenoxy) is 1. The highest BCUT2D eigenvalue weighted by atomic mass is 35.5. The van der Waals surface area contributed by atoms with E-state index >= 15 is 0 Å². The highest BCUT2D eigenvalue weighted by Crippen LogP contribution is 2.20. The summed E-state index contributed by atoms with van der Waals surface area (Å²) in [6.07, 6.45) is 0. The SMILES string of the molecule is Cc1ccc(OCC(=O)NCCNC(=O)c2ccc(Cl)cc2Cl)cc1C. The minimum atomic E-state index is -0.327. The van der Waals surface area contributed by atoms with E-state index in [0.717, 1.165) is 5.56 Å². The van der Waals surface area contributed by atoms with Crippen LogP contribution in [0.1, 0.15) is 21.5 Å². The number of hydrogen-bond acceptors (Lipinski definition) is 3. The fraction of sp³-hybridized carbons (Fsp3) is 0.263. The van der Waals surface area contributed by atoms with E-state index in [9.17, 15) is 9.59 Å². The molecule has 0 fully saturated rings. The van der Waals surface area contributed by atoms with Crippen molar-refractivity contribution in [3.63, 3.8) is 0 Å². The Labute approximate surface area is 162 Å². The van der Waals surface area contributed by atoms with Crippen molar-refractivity contribution < 1.29 is 14.3 Å². The van der Waals surface area contributed by atoms with E-state index in [2.05, 4.69) is 10.6 Å². The average Bonchev–Trinajstić information content (AvgIpc) is 2.59. The van der Waals surface area contributed by atoms with Crippen molar-refractivity contribution in [1.29, 1.82) is 0 Å². The Bertz CT molecular complexity index is 809.